The van der Waals surface area contributed by atoms with Gasteiger partial charge in [0.2, 0.25) is 5.91 Å². The first kappa shape index (κ1) is 15.5. The van der Waals surface area contributed by atoms with E-state index in [0.717, 1.165) is 0 Å². The highest BCUT2D eigenvalue weighted by atomic mass is 16.4. The van der Waals surface area contributed by atoms with Crippen molar-refractivity contribution in [3.05, 3.63) is 18.0 Å². The summed E-state index contributed by atoms with van der Waals surface area (Å²) >= 11 is 0. The number of likely N-dealkylation sites (tertiary alicyclic amines) is 1. The Morgan fingerprint density at radius 1 is 1.57 bits per heavy atom. The van der Waals surface area contributed by atoms with Crippen LogP contribution in [0.5, 0.6) is 0 Å². The average Bonchev–Trinajstić information content (AvgIpc) is 3.05. The second-order valence-corrected chi connectivity index (χ2v) is 5.61. The minimum atomic E-state index is -1.11. The Morgan fingerprint density at radius 2 is 2.29 bits per heavy atom. The van der Waals surface area contributed by atoms with E-state index >= 15 is 0 Å². The number of aryl methyl sites for hydroxylation is 1. The zero-order valence-electron chi connectivity index (χ0n) is 12.5. The molecule has 1 saturated heterocycles. The van der Waals surface area contributed by atoms with Gasteiger partial charge < -0.3 is 15.7 Å². The van der Waals surface area contributed by atoms with Crippen molar-refractivity contribution < 1.29 is 14.7 Å². The van der Waals surface area contributed by atoms with E-state index in [0.29, 0.717) is 37.8 Å². The van der Waals surface area contributed by atoms with Crippen LogP contribution in [0, 0.1) is 0 Å². The van der Waals surface area contributed by atoms with Crippen molar-refractivity contribution in [2.45, 2.75) is 44.2 Å². The number of carboxylic acid groups (broad SMARTS) is 1. The summed E-state index contributed by atoms with van der Waals surface area (Å²) in [5.74, 6) is -1.27. The van der Waals surface area contributed by atoms with E-state index in [1.165, 1.54) is 4.90 Å². The molecule has 0 aromatic carbocycles. The fourth-order valence-electron chi connectivity index (χ4n) is 3.11. The third-order valence-corrected chi connectivity index (χ3v) is 4.17. The predicted octanol–water partition coefficient (Wildman–Crippen LogP) is 0.666. The highest BCUT2D eigenvalue weighted by Gasteiger charge is 2.50. The van der Waals surface area contributed by atoms with E-state index in [-0.39, 0.29) is 5.91 Å². The maximum absolute atomic E-state index is 12.7. The summed E-state index contributed by atoms with van der Waals surface area (Å²) in [5, 5.41) is 13.6. The number of aromatic nitrogens is 2. The van der Waals surface area contributed by atoms with Crippen LogP contribution < -0.4 is 5.73 Å². The molecule has 0 radical (unpaired) electrons. The SMILES string of the molecule is CCCC1(C(=O)O)CCCN1C(=O)C(N)c1cnn(C)c1. The summed E-state index contributed by atoms with van der Waals surface area (Å²) in [6, 6.07) is -0.868. The molecule has 1 aliphatic rings. The van der Waals surface area contributed by atoms with Gasteiger partial charge >= 0.3 is 5.97 Å². The summed E-state index contributed by atoms with van der Waals surface area (Å²) in [4.78, 5) is 25.8. The third kappa shape index (κ3) is 2.65. The number of carbonyl (C=O) groups is 2. The van der Waals surface area contributed by atoms with Crippen LogP contribution in [-0.4, -0.2) is 43.7 Å². The minimum absolute atomic E-state index is 0.337. The minimum Gasteiger partial charge on any atom is -0.479 e. The first-order valence-electron chi connectivity index (χ1n) is 7.21. The van der Waals surface area contributed by atoms with Crippen LogP contribution in [0.25, 0.3) is 0 Å². The molecule has 2 rings (SSSR count). The molecule has 0 bridgehead atoms. The number of hydrogen-bond acceptors (Lipinski definition) is 4. The largest absolute Gasteiger partial charge is 0.479 e. The normalized spacial score (nSPS) is 23.3. The van der Waals surface area contributed by atoms with E-state index in [4.69, 9.17) is 5.73 Å². The van der Waals surface area contributed by atoms with E-state index in [1.54, 1.807) is 24.1 Å². The standard InChI is InChI=1S/C14H22N4O3/c1-3-5-14(13(20)21)6-4-7-18(14)12(19)11(15)10-8-16-17(2)9-10/h8-9,11H,3-7,15H2,1-2H3,(H,20,21). The molecule has 1 aliphatic heterocycles. The predicted molar refractivity (Wildman–Crippen MR) is 76.4 cm³/mol. The Bertz CT molecular complexity index is 542. The summed E-state index contributed by atoms with van der Waals surface area (Å²) < 4.78 is 1.57. The Balaban J connectivity index is 2.26. The topological polar surface area (TPSA) is 101 Å². The lowest BCUT2D eigenvalue weighted by atomic mass is 9.90. The van der Waals surface area contributed by atoms with Gasteiger partial charge in [-0.05, 0) is 19.3 Å². The Labute approximate surface area is 123 Å². The maximum Gasteiger partial charge on any atom is 0.329 e. The number of rotatable bonds is 5. The molecule has 2 unspecified atom stereocenters. The monoisotopic (exact) mass is 294 g/mol. The Hall–Kier alpha value is -1.89. The molecule has 3 N–H and O–H groups in total. The number of aliphatic carboxylic acids is 1. The van der Waals surface area contributed by atoms with Crippen LogP contribution in [0.4, 0.5) is 0 Å². The smallest absolute Gasteiger partial charge is 0.329 e. The van der Waals surface area contributed by atoms with Crippen LogP contribution in [0.2, 0.25) is 0 Å². The van der Waals surface area contributed by atoms with Gasteiger partial charge in [-0.25, -0.2) is 4.79 Å². The van der Waals surface area contributed by atoms with Crippen molar-refractivity contribution in [1.82, 2.24) is 14.7 Å². The van der Waals surface area contributed by atoms with Crippen LogP contribution in [0.1, 0.15) is 44.2 Å². The molecule has 1 aromatic rings. The van der Waals surface area contributed by atoms with Gasteiger partial charge in [0, 0.05) is 25.4 Å². The van der Waals surface area contributed by atoms with Crippen molar-refractivity contribution in [1.29, 1.82) is 0 Å². The van der Waals surface area contributed by atoms with Crippen molar-refractivity contribution in [2.24, 2.45) is 12.8 Å². The average molecular weight is 294 g/mol. The van der Waals surface area contributed by atoms with Gasteiger partial charge in [0.1, 0.15) is 11.6 Å². The van der Waals surface area contributed by atoms with Gasteiger partial charge in [-0.2, -0.15) is 5.10 Å². The number of hydrogen-bond donors (Lipinski definition) is 2. The van der Waals surface area contributed by atoms with Crippen LogP contribution in [-0.2, 0) is 16.6 Å². The summed E-state index contributed by atoms with van der Waals surface area (Å²) in [6.45, 7) is 2.37. The fourth-order valence-corrected chi connectivity index (χ4v) is 3.11. The Kier molecular flexibility index (Phi) is 4.32. The summed E-state index contributed by atoms with van der Waals surface area (Å²) in [5.41, 5.74) is 5.51. The number of nitrogens with two attached hydrogens (primary N) is 1. The molecule has 2 atom stereocenters. The molecule has 0 aliphatic carbocycles. The van der Waals surface area contributed by atoms with Crippen molar-refractivity contribution >= 4 is 11.9 Å². The molecule has 7 nitrogen and oxygen atoms in total. The first-order chi connectivity index (χ1) is 9.92. The fraction of sp³-hybridized carbons (Fsp3) is 0.643. The molecule has 21 heavy (non-hydrogen) atoms. The third-order valence-electron chi connectivity index (χ3n) is 4.17. The van der Waals surface area contributed by atoms with Gasteiger partial charge in [-0.3, -0.25) is 9.48 Å². The van der Waals surface area contributed by atoms with Crippen LogP contribution >= 0.6 is 0 Å². The zero-order valence-corrected chi connectivity index (χ0v) is 12.5. The van der Waals surface area contributed by atoms with Gasteiger partial charge in [-0.1, -0.05) is 13.3 Å². The van der Waals surface area contributed by atoms with Crippen molar-refractivity contribution in [2.75, 3.05) is 6.54 Å². The maximum atomic E-state index is 12.7. The van der Waals surface area contributed by atoms with Crippen molar-refractivity contribution in [3.8, 4) is 0 Å². The van der Waals surface area contributed by atoms with Crippen molar-refractivity contribution in [3.63, 3.8) is 0 Å². The molecule has 2 heterocycles. The number of amides is 1. The van der Waals surface area contributed by atoms with E-state index in [1.807, 2.05) is 6.92 Å². The lowest BCUT2D eigenvalue weighted by molar-refractivity contribution is -0.157. The molecule has 7 heteroatoms. The van der Waals surface area contributed by atoms with Gasteiger partial charge in [0.15, 0.2) is 0 Å². The molecule has 0 saturated carbocycles. The highest BCUT2D eigenvalue weighted by Crippen LogP contribution is 2.35. The highest BCUT2D eigenvalue weighted by molar-refractivity contribution is 5.90. The lowest BCUT2D eigenvalue weighted by Crippen LogP contribution is -2.55. The molecular formula is C14H22N4O3. The van der Waals surface area contributed by atoms with E-state index in [2.05, 4.69) is 5.10 Å². The second kappa shape index (κ2) is 5.85. The molecular weight excluding hydrogens is 272 g/mol. The number of carboxylic acids is 1. The summed E-state index contributed by atoms with van der Waals surface area (Å²) in [7, 11) is 1.75. The second-order valence-electron chi connectivity index (χ2n) is 5.61. The molecule has 1 aromatic heterocycles. The number of carbonyl (C=O) groups excluding carboxylic acids is 1. The van der Waals surface area contributed by atoms with E-state index < -0.39 is 17.6 Å². The zero-order chi connectivity index (χ0) is 15.6. The van der Waals surface area contributed by atoms with E-state index in [9.17, 15) is 14.7 Å². The lowest BCUT2D eigenvalue weighted by Gasteiger charge is -2.36. The van der Waals surface area contributed by atoms with Crippen LogP contribution in [0.15, 0.2) is 12.4 Å². The van der Waals surface area contributed by atoms with Gasteiger partial charge in [0.05, 0.1) is 6.20 Å². The molecule has 116 valence electrons. The van der Waals surface area contributed by atoms with Gasteiger partial charge in [-0.15, -0.1) is 0 Å². The van der Waals surface area contributed by atoms with Gasteiger partial charge in [0.25, 0.3) is 0 Å². The van der Waals surface area contributed by atoms with Crippen LogP contribution in [0.3, 0.4) is 0 Å². The summed E-state index contributed by atoms with van der Waals surface area (Å²) in [6.07, 6.45) is 5.56. The molecule has 1 fully saturated rings. The molecule has 1 amide bonds. The Morgan fingerprint density at radius 3 is 2.81 bits per heavy atom. The first-order valence-corrected chi connectivity index (χ1v) is 7.21. The number of nitrogens with zero attached hydrogens (tertiary/aromatic N) is 3. The quantitative estimate of drug-likeness (QED) is 0.831. The molecule has 0 spiro atoms.